The Hall–Kier alpha value is 0.760. The van der Waals surface area contributed by atoms with E-state index in [1.807, 2.05) is 6.92 Å². The van der Waals surface area contributed by atoms with Crippen LogP contribution < -0.4 is 34.7 Å². The van der Waals surface area contributed by atoms with Crippen LogP contribution in [0.3, 0.4) is 0 Å². The van der Waals surface area contributed by atoms with Crippen molar-refractivity contribution in [1.29, 1.82) is 0 Å². The van der Waals surface area contributed by atoms with Gasteiger partial charge in [-0.2, -0.15) is 0 Å². The fraction of sp³-hybridized carbons (Fsp3) is 0.833. The van der Waals surface area contributed by atoms with Crippen LogP contribution in [0.15, 0.2) is 0 Å². The summed E-state index contributed by atoms with van der Waals surface area (Å²) in [4.78, 5) is 9.96. The summed E-state index contributed by atoms with van der Waals surface area (Å²) in [6.45, 7) is 1.99. The van der Waals surface area contributed by atoms with Gasteiger partial charge in [0.25, 0.3) is 0 Å². The Morgan fingerprint density at radius 2 is 2.20 bits per heavy atom. The van der Waals surface area contributed by atoms with Gasteiger partial charge in [-0.25, -0.2) is 0 Å². The van der Waals surface area contributed by atoms with E-state index in [1.165, 1.54) is 0 Å². The van der Waals surface area contributed by atoms with E-state index < -0.39 is 11.3 Å². The maximum absolute atomic E-state index is 9.96. The molecule has 0 N–H and O–H groups in total. The molecule has 0 rings (SSSR count). The van der Waals surface area contributed by atoms with Gasteiger partial charge in [-0.1, -0.05) is 19.8 Å². The molecule has 1 atom stereocenters. The minimum Gasteiger partial charge on any atom is -0.549 e. The molecule has 10 heavy (non-hydrogen) atoms. The van der Waals surface area contributed by atoms with Crippen molar-refractivity contribution in [3.05, 3.63) is 0 Å². The molecule has 0 spiro atoms. The number of unbranched alkanes of at least 4 members (excludes halogenated alkanes) is 1. The van der Waals surface area contributed by atoms with E-state index in [2.05, 4.69) is 0 Å². The maximum atomic E-state index is 9.96. The molecule has 1 unspecified atom stereocenters. The predicted molar refractivity (Wildman–Crippen MR) is 34.2 cm³/mol. The largest absolute Gasteiger partial charge is 1.00 e. The number of aliphatic carboxylic acids is 1. The normalized spacial score (nSPS) is 11.8. The molecule has 4 heteroatoms. The van der Waals surface area contributed by atoms with E-state index in [1.54, 1.807) is 0 Å². The molecule has 0 fully saturated rings. The first kappa shape index (κ1) is 13.4. The zero-order chi connectivity index (χ0) is 7.28. The summed E-state index contributed by atoms with van der Waals surface area (Å²) in [5, 5.41) is 9.16. The van der Waals surface area contributed by atoms with Crippen molar-refractivity contribution in [2.45, 2.75) is 31.6 Å². The van der Waals surface area contributed by atoms with Gasteiger partial charge in [-0.3, -0.25) is 0 Å². The topological polar surface area (TPSA) is 40.1 Å². The van der Waals surface area contributed by atoms with Gasteiger partial charge in [0.1, 0.15) is 0 Å². The van der Waals surface area contributed by atoms with Crippen LogP contribution in [-0.2, 0) is 4.79 Å². The van der Waals surface area contributed by atoms with E-state index in [0.29, 0.717) is 6.42 Å². The third-order valence-electron chi connectivity index (χ3n) is 1.07. The first-order chi connectivity index (χ1) is 4.18. The minimum absolute atomic E-state index is 0. The van der Waals surface area contributed by atoms with Gasteiger partial charge in [-0.05, 0) is 6.42 Å². The second-order valence-electron chi connectivity index (χ2n) is 1.93. The number of carbonyl (C=O) groups is 1. The van der Waals surface area contributed by atoms with Gasteiger partial charge in [0.05, 0.1) is 11.3 Å². The summed E-state index contributed by atoms with van der Waals surface area (Å²) < 4.78 is 0. The number of alkyl halides is 1. The maximum Gasteiger partial charge on any atom is 1.00 e. The summed E-state index contributed by atoms with van der Waals surface area (Å²) in [6.07, 6.45) is 2.33. The van der Waals surface area contributed by atoms with Crippen LogP contribution in [0.25, 0.3) is 0 Å². The zero-order valence-corrected chi connectivity index (χ0v) is 9.15. The molecule has 54 valence electrons. The Balaban J connectivity index is 0. The van der Waals surface area contributed by atoms with Crippen LogP contribution in [-0.4, -0.2) is 11.3 Å². The molecule has 2 nitrogen and oxygen atoms in total. The van der Waals surface area contributed by atoms with E-state index in [4.69, 9.17) is 11.6 Å². The van der Waals surface area contributed by atoms with E-state index >= 15 is 0 Å². The third-order valence-corrected chi connectivity index (χ3v) is 1.46. The molecule has 0 radical (unpaired) electrons. The Labute approximate surface area is 88.2 Å². The van der Waals surface area contributed by atoms with Crippen molar-refractivity contribution in [1.82, 2.24) is 0 Å². The molecule has 0 aromatic carbocycles. The minimum atomic E-state index is -1.16. The van der Waals surface area contributed by atoms with Crippen LogP contribution in [0.2, 0.25) is 0 Å². The van der Waals surface area contributed by atoms with Crippen LogP contribution in [0.5, 0.6) is 0 Å². The predicted octanol–water partition coefficient (Wildman–Crippen LogP) is -2.46. The van der Waals surface area contributed by atoms with E-state index in [9.17, 15) is 9.90 Å². The van der Waals surface area contributed by atoms with E-state index in [0.717, 1.165) is 12.8 Å². The number of carboxylic acid groups (broad SMARTS) is 1. The van der Waals surface area contributed by atoms with Crippen LogP contribution >= 0.6 is 11.6 Å². The van der Waals surface area contributed by atoms with Gasteiger partial charge in [-0.15, -0.1) is 11.6 Å². The molecule has 0 heterocycles. The Morgan fingerprint density at radius 3 is 2.50 bits per heavy atom. The SMILES string of the molecule is CCCCC(Cl)C(=O)[O-].[Na+]. The van der Waals surface area contributed by atoms with Crippen molar-refractivity contribution in [3.8, 4) is 0 Å². The van der Waals surface area contributed by atoms with Crippen LogP contribution in [0, 0.1) is 0 Å². The fourth-order valence-corrected chi connectivity index (χ4v) is 0.655. The standard InChI is InChI=1S/C6H11ClO2.Na/c1-2-3-4-5(7)6(8)9;/h5H,2-4H2,1H3,(H,8,9);/q;+1/p-1. The number of carboxylic acids is 1. The van der Waals surface area contributed by atoms with E-state index in [-0.39, 0.29) is 29.6 Å². The smallest absolute Gasteiger partial charge is 0.549 e. The number of halogens is 1. The summed E-state index contributed by atoms with van der Waals surface area (Å²) in [7, 11) is 0. The van der Waals surface area contributed by atoms with Gasteiger partial charge in [0.2, 0.25) is 0 Å². The Bertz CT molecular complexity index is 97.7. The second-order valence-corrected chi connectivity index (χ2v) is 2.46. The fourth-order valence-electron chi connectivity index (χ4n) is 0.501. The average Bonchev–Trinajstić information content (AvgIpc) is 1.82. The second kappa shape index (κ2) is 7.86. The summed E-state index contributed by atoms with van der Waals surface area (Å²) in [5.74, 6) is -1.16. The number of rotatable bonds is 4. The molecule has 0 aromatic heterocycles. The van der Waals surface area contributed by atoms with Gasteiger partial charge in [0, 0.05) is 0 Å². The first-order valence-corrected chi connectivity index (χ1v) is 3.47. The molecule has 0 aliphatic heterocycles. The van der Waals surface area contributed by atoms with Crippen molar-refractivity contribution in [2.24, 2.45) is 0 Å². The van der Waals surface area contributed by atoms with Gasteiger partial charge in [0.15, 0.2) is 0 Å². The van der Waals surface area contributed by atoms with Crippen LogP contribution in [0.4, 0.5) is 0 Å². The third kappa shape index (κ3) is 6.87. The quantitative estimate of drug-likeness (QED) is 0.349. The molecule has 0 aliphatic rings. The van der Waals surface area contributed by atoms with Crippen molar-refractivity contribution < 1.29 is 39.5 Å². The molecule has 0 bridgehead atoms. The molecular weight excluding hydrogens is 163 g/mol. The van der Waals surface area contributed by atoms with Gasteiger partial charge < -0.3 is 9.90 Å². The Morgan fingerprint density at radius 1 is 1.70 bits per heavy atom. The molecule has 0 aromatic rings. The summed E-state index contributed by atoms with van der Waals surface area (Å²) in [5.41, 5.74) is 0. The molecular formula is C6H10ClNaO2. The van der Waals surface area contributed by atoms with Crippen LogP contribution in [0.1, 0.15) is 26.2 Å². The molecule has 0 saturated carbocycles. The monoisotopic (exact) mass is 172 g/mol. The molecule has 0 amide bonds. The Kier molecular flexibility index (Phi) is 10.5. The number of hydrogen-bond donors (Lipinski definition) is 0. The van der Waals surface area contributed by atoms with Crippen molar-refractivity contribution in [3.63, 3.8) is 0 Å². The zero-order valence-electron chi connectivity index (χ0n) is 6.39. The van der Waals surface area contributed by atoms with Gasteiger partial charge >= 0.3 is 29.6 Å². The van der Waals surface area contributed by atoms with Crippen molar-refractivity contribution >= 4 is 17.6 Å². The first-order valence-electron chi connectivity index (χ1n) is 3.03. The summed E-state index contributed by atoms with van der Waals surface area (Å²) in [6, 6.07) is 0. The van der Waals surface area contributed by atoms with Crippen molar-refractivity contribution in [2.75, 3.05) is 0 Å². The molecule has 0 saturated heterocycles. The number of hydrogen-bond acceptors (Lipinski definition) is 2. The average molecular weight is 173 g/mol. The molecule has 0 aliphatic carbocycles. The summed E-state index contributed by atoms with van der Waals surface area (Å²) >= 11 is 5.33. The number of carbonyl (C=O) groups excluding carboxylic acids is 1.